The summed E-state index contributed by atoms with van der Waals surface area (Å²) in [7, 11) is 1.66. The van der Waals surface area contributed by atoms with E-state index in [2.05, 4.69) is 5.32 Å². The summed E-state index contributed by atoms with van der Waals surface area (Å²) in [5, 5.41) is 14.2. The smallest absolute Gasteiger partial charge is 0.270 e. The number of rotatable bonds is 7. The molecule has 9 heteroatoms. The van der Waals surface area contributed by atoms with Crippen LogP contribution >= 0.6 is 0 Å². The Balaban J connectivity index is 1.50. The first-order valence-corrected chi connectivity index (χ1v) is 10.7. The van der Waals surface area contributed by atoms with E-state index < -0.39 is 4.92 Å². The van der Waals surface area contributed by atoms with Crippen molar-refractivity contribution in [3.8, 4) is 0 Å². The molecule has 1 N–H and O–H groups in total. The monoisotopic (exact) mass is 438 g/mol. The van der Waals surface area contributed by atoms with Crippen LogP contribution in [-0.4, -0.2) is 61.0 Å². The lowest BCUT2D eigenvalue weighted by molar-refractivity contribution is -0.384. The fraction of sp³-hybridized carbons (Fsp3) is 0.391. The topological polar surface area (TPSA) is 105 Å². The van der Waals surface area contributed by atoms with Crippen LogP contribution in [0.5, 0.6) is 0 Å². The van der Waals surface area contributed by atoms with Crippen molar-refractivity contribution < 1.29 is 19.2 Å². The predicted octanol–water partition coefficient (Wildman–Crippen LogP) is 2.60. The highest BCUT2D eigenvalue weighted by Gasteiger charge is 2.25. The van der Waals surface area contributed by atoms with Crippen LogP contribution in [0.1, 0.15) is 39.1 Å². The molecule has 0 radical (unpaired) electrons. The molecule has 4 rings (SSSR count). The van der Waals surface area contributed by atoms with Crippen molar-refractivity contribution in [3.63, 3.8) is 0 Å². The van der Waals surface area contributed by atoms with Crippen LogP contribution in [-0.2, 0) is 11.3 Å². The van der Waals surface area contributed by atoms with E-state index in [1.807, 2.05) is 17.0 Å². The summed E-state index contributed by atoms with van der Waals surface area (Å²) < 4.78 is 5.39. The number of hydrogen-bond acceptors (Lipinski definition) is 6. The highest BCUT2D eigenvalue weighted by molar-refractivity contribution is 6.00. The lowest BCUT2D eigenvalue weighted by Crippen LogP contribution is -2.38. The summed E-state index contributed by atoms with van der Waals surface area (Å²) >= 11 is 0. The van der Waals surface area contributed by atoms with E-state index in [9.17, 15) is 19.7 Å². The Kier molecular flexibility index (Phi) is 6.36. The number of amides is 2. The van der Waals surface area contributed by atoms with Gasteiger partial charge in [-0.05, 0) is 36.6 Å². The molecule has 2 aromatic carbocycles. The van der Waals surface area contributed by atoms with E-state index in [0.29, 0.717) is 55.7 Å². The molecule has 1 saturated heterocycles. The van der Waals surface area contributed by atoms with E-state index >= 15 is 0 Å². The number of non-ortho nitro benzene ring substituents is 1. The normalized spacial score (nSPS) is 15.8. The summed E-state index contributed by atoms with van der Waals surface area (Å²) in [6.45, 7) is 2.63. The van der Waals surface area contributed by atoms with Crippen molar-refractivity contribution in [1.82, 2.24) is 10.2 Å². The fourth-order valence-corrected chi connectivity index (χ4v) is 3.70. The van der Waals surface area contributed by atoms with E-state index in [1.54, 1.807) is 25.2 Å². The van der Waals surface area contributed by atoms with Gasteiger partial charge in [-0.15, -0.1) is 0 Å². The van der Waals surface area contributed by atoms with Gasteiger partial charge >= 0.3 is 0 Å². The first kappa shape index (κ1) is 21.8. The van der Waals surface area contributed by atoms with Crippen LogP contribution < -0.4 is 10.2 Å². The molecule has 2 aromatic rings. The molecule has 0 spiro atoms. The van der Waals surface area contributed by atoms with E-state index in [1.165, 1.54) is 17.0 Å². The van der Waals surface area contributed by atoms with Gasteiger partial charge in [0.25, 0.3) is 17.5 Å². The third-order valence-electron chi connectivity index (χ3n) is 5.67. The van der Waals surface area contributed by atoms with Gasteiger partial charge in [-0.3, -0.25) is 19.7 Å². The molecular weight excluding hydrogens is 412 g/mol. The minimum absolute atomic E-state index is 0.0878. The quantitative estimate of drug-likeness (QED) is 0.526. The van der Waals surface area contributed by atoms with Crippen molar-refractivity contribution >= 4 is 23.2 Å². The minimum Gasteiger partial charge on any atom is -0.378 e. The molecule has 168 valence electrons. The second kappa shape index (κ2) is 9.35. The average Bonchev–Trinajstić information content (AvgIpc) is 3.63. The van der Waals surface area contributed by atoms with Crippen molar-refractivity contribution in [2.45, 2.75) is 25.4 Å². The summed E-state index contributed by atoms with van der Waals surface area (Å²) in [5.74, 6) is -0.388. The van der Waals surface area contributed by atoms with Gasteiger partial charge in [-0.2, -0.15) is 0 Å². The molecule has 1 saturated carbocycles. The Bertz CT molecular complexity index is 1010. The van der Waals surface area contributed by atoms with Crippen LogP contribution in [0.3, 0.4) is 0 Å². The van der Waals surface area contributed by atoms with Crippen LogP contribution in [0.15, 0.2) is 42.5 Å². The first-order chi connectivity index (χ1) is 15.4. The van der Waals surface area contributed by atoms with Crippen LogP contribution in [0.4, 0.5) is 11.4 Å². The zero-order valence-electron chi connectivity index (χ0n) is 18.0. The standard InChI is InChI=1S/C23H26N4O5/c1-25(15-16-2-4-17(5-3-16)22(28)24-18-6-7-18)23(29)20-14-19(27(30)31)8-9-21(20)26-10-12-32-13-11-26/h2-5,8-9,14,18H,6-7,10-13,15H2,1H3,(H,24,28). The maximum atomic E-state index is 13.3. The van der Waals surface area contributed by atoms with Crippen molar-refractivity contribution in [2.75, 3.05) is 38.3 Å². The number of carbonyl (C=O) groups excluding carboxylic acids is 2. The van der Waals surface area contributed by atoms with E-state index in [-0.39, 0.29) is 17.5 Å². The molecule has 1 heterocycles. The number of nitro groups is 1. The Morgan fingerprint density at radius 1 is 1.16 bits per heavy atom. The third kappa shape index (κ3) is 5.05. The third-order valence-corrected chi connectivity index (χ3v) is 5.67. The van der Waals surface area contributed by atoms with Gasteiger partial charge < -0.3 is 19.9 Å². The molecule has 0 bridgehead atoms. The summed E-state index contributed by atoms with van der Waals surface area (Å²) in [6.07, 6.45) is 2.06. The van der Waals surface area contributed by atoms with Crippen molar-refractivity contribution in [2.24, 2.45) is 0 Å². The Hall–Kier alpha value is -3.46. The minimum atomic E-state index is -0.495. The molecular formula is C23H26N4O5. The lowest BCUT2D eigenvalue weighted by Gasteiger charge is -2.31. The Labute approximate surface area is 186 Å². The SMILES string of the molecule is CN(Cc1ccc(C(=O)NC2CC2)cc1)C(=O)c1cc([N+](=O)[O-])ccc1N1CCOCC1. The average molecular weight is 438 g/mol. The second-order valence-electron chi connectivity index (χ2n) is 8.16. The lowest BCUT2D eigenvalue weighted by atomic mass is 10.1. The van der Waals surface area contributed by atoms with Gasteiger partial charge in [0, 0.05) is 50.4 Å². The number of nitrogens with zero attached hydrogens (tertiary/aromatic N) is 3. The van der Waals surface area contributed by atoms with Crippen molar-refractivity contribution in [1.29, 1.82) is 0 Å². The van der Waals surface area contributed by atoms with Gasteiger partial charge in [0.2, 0.25) is 0 Å². The molecule has 32 heavy (non-hydrogen) atoms. The number of morpholine rings is 1. The number of nitro benzene ring substituents is 1. The molecule has 9 nitrogen and oxygen atoms in total. The van der Waals surface area contributed by atoms with Gasteiger partial charge in [0.05, 0.1) is 29.4 Å². The zero-order chi connectivity index (χ0) is 22.7. The van der Waals surface area contributed by atoms with Gasteiger partial charge in [0.15, 0.2) is 0 Å². The van der Waals surface area contributed by atoms with Crippen molar-refractivity contribution in [3.05, 3.63) is 69.3 Å². The number of nitrogens with one attached hydrogen (secondary N) is 1. The Morgan fingerprint density at radius 2 is 1.84 bits per heavy atom. The summed E-state index contributed by atoms with van der Waals surface area (Å²) in [6, 6.07) is 11.8. The van der Waals surface area contributed by atoms with Gasteiger partial charge in [-0.1, -0.05) is 12.1 Å². The molecule has 0 aromatic heterocycles. The molecule has 1 aliphatic heterocycles. The van der Waals surface area contributed by atoms with Crippen LogP contribution in [0.25, 0.3) is 0 Å². The molecule has 2 amide bonds. The second-order valence-corrected chi connectivity index (χ2v) is 8.16. The van der Waals surface area contributed by atoms with Gasteiger partial charge in [-0.25, -0.2) is 0 Å². The highest BCUT2D eigenvalue weighted by Crippen LogP contribution is 2.28. The Morgan fingerprint density at radius 3 is 2.47 bits per heavy atom. The highest BCUT2D eigenvalue weighted by atomic mass is 16.6. The number of carbonyl (C=O) groups is 2. The maximum absolute atomic E-state index is 13.3. The van der Waals surface area contributed by atoms with E-state index in [4.69, 9.17) is 4.74 Å². The molecule has 0 atom stereocenters. The largest absolute Gasteiger partial charge is 0.378 e. The maximum Gasteiger partial charge on any atom is 0.270 e. The summed E-state index contributed by atoms with van der Waals surface area (Å²) in [4.78, 5) is 39.8. The fourth-order valence-electron chi connectivity index (χ4n) is 3.70. The molecule has 0 unspecified atom stereocenters. The molecule has 2 fully saturated rings. The first-order valence-electron chi connectivity index (χ1n) is 10.7. The number of ether oxygens (including phenoxy) is 1. The number of benzene rings is 2. The van der Waals surface area contributed by atoms with Crippen LogP contribution in [0.2, 0.25) is 0 Å². The zero-order valence-corrected chi connectivity index (χ0v) is 18.0. The molecule has 2 aliphatic rings. The molecule has 1 aliphatic carbocycles. The van der Waals surface area contributed by atoms with E-state index in [0.717, 1.165) is 18.4 Å². The van der Waals surface area contributed by atoms with Crippen LogP contribution in [0, 0.1) is 10.1 Å². The summed E-state index contributed by atoms with van der Waals surface area (Å²) in [5.41, 5.74) is 2.29. The van der Waals surface area contributed by atoms with Gasteiger partial charge in [0.1, 0.15) is 0 Å². The predicted molar refractivity (Wildman–Crippen MR) is 119 cm³/mol. The number of hydrogen-bond donors (Lipinski definition) is 1. The number of anilines is 1.